The molecule has 126 valence electrons. The van der Waals surface area contributed by atoms with E-state index in [0.29, 0.717) is 19.5 Å². The van der Waals surface area contributed by atoms with E-state index in [9.17, 15) is 9.59 Å². The number of benzene rings is 1. The highest BCUT2D eigenvalue weighted by Crippen LogP contribution is 2.23. The number of carbonyl (C=O) groups is 2. The van der Waals surface area contributed by atoms with Gasteiger partial charge in [0.2, 0.25) is 11.8 Å². The van der Waals surface area contributed by atoms with Crippen LogP contribution in [0.25, 0.3) is 0 Å². The molecule has 1 fully saturated rings. The molecular weight excluding hydrogens is 356 g/mol. The maximum absolute atomic E-state index is 12.4. The molecule has 1 N–H and O–H groups in total. The first-order valence-corrected chi connectivity index (χ1v) is 9.15. The predicted molar refractivity (Wildman–Crippen MR) is 96.3 cm³/mol. The van der Waals surface area contributed by atoms with E-state index >= 15 is 0 Å². The summed E-state index contributed by atoms with van der Waals surface area (Å²) in [6, 6.07) is 5.84. The Kier molecular flexibility index (Phi) is 6.63. The predicted octanol–water partition coefficient (Wildman–Crippen LogP) is 4.12. The van der Waals surface area contributed by atoms with Crippen LogP contribution in [0.5, 0.6) is 0 Å². The number of rotatable bonds is 5. The van der Waals surface area contributed by atoms with Crippen molar-refractivity contribution in [3.63, 3.8) is 0 Å². The van der Waals surface area contributed by atoms with Crippen LogP contribution in [-0.2, 0) is 9.59 Å². The Morgan fingerprint density at radius 2 is 2.00 bits per heavy atom. The maximum Gasteiger partial charge on any atom is 0.227 e. The molecule has 23 heavy (non-hydrogen) atoms. The highest BCUT2D eigenvalue weighted by molar-refractivity contribution is 9.10. The molecule has 0 spiro atoms. The molecule has 1 saturated heterocycles. The lowest BCUT2D eigenvalue weighted by molar-refractivity contribution is -0.134. The Morgan fingerprint density at radius 1 is 1.30 bits per heavy atom. The van der Waals surface area contributed by atoms with Crippen LogP contribution in [0.2, 0.25) is 0 Å². The molecule has 0 aliphatic carbocycles. The van der Waals surface area contributed by atoms with E-state index in [-0.39, 0.29) is 17.7 Å². The standard InChI is InChI=1S/C18H25BrN2O2/c1-3-4-5-17(22)21-10-8-14(9-11-21)18(23)20-16-7-6-15(19)12-13(16)2/h6-7,12,14H,3-5,8-11H2,1-2H3,(H,20,23). The number of aryl methyl sites for hydroxylation is 1. The molecule has 1 aromatic rings. The van der Waals surface area contributed by atoms with Gasteiger partial charge in [0.1, 0.15) is 0 Å². The molecule has 0 unspecified atom stereocenters. The number of halogens is 1. The Morgan fingerprint density at radius 3 is 2.61 bits per heavy atom. The first-order chi connectivity index (χ1) is 11.0. The fourth-order valence-corrected chi connectivity index (χ4v) is 3.35. The topological polar surface area (TPSA) is 49.4 Å². The van der Waals surface area contributed by atoms with E-state index in [2.05, 4.69) is 28.2 Å². The number of amides is 2. The number of hydrogen-bond acceptors (Lipinski definition) is 2. The van der Waals surface area contributed by atoms with Gasteiger partial charge in [-0.15, -0.1) is 0 Å². The summed E-state index contributed by atoms with van der Waals surface area (Å²) in [4.78, 5) is 26.4. The van der Waals surface area contributed by atoms with Crippen molar-refractivity contribution >= 4 is 33.4 Å². The summed E-state index contributed by atoms with van der Waals surface area (Å²) in [6.45, 7) is 5.46. The molecule has 0 atom stereocenters. The lowest BCUT2D eigenvalue weighted by atomic mass is 9.95. The summed E-state index contributed by atoms with van der Waals surface area (Å²) in [5, 5.41) is 3.02. The van der Waals surface area contributed by atoms with Crippen LogP contribution in [0, 0.1) is 12.8 Å². The van der Waals surface area contributed by atoms with Crippen LogP contribution in [0.4, 0.5) is 5.69 Å². The highest BCUT2D eigenvalue weighted by atomic mass is 79.9. The summed E-state index contributed by atoms with van der Waals surface area (Å²) < 4.78 is 1.01. The molecule has 1 aliphatic rings. The molecule has 2 rings (SSSR count). The van der Waals surface area contributed by atoms with Crippen LogP contribution in [0.15, 0.2) is 22.7 Å². The summed E-state index contributed by atoms with van der Waals surface area (Å²) in [5.41, 5.74) is 1.90. The minimum atomic E-state index is -0.00623. The number of hydrogen-bond donors (Lipinski definition) is 1. The summed E-state index contributed by atoms with van der Waals surface area (Å²) >= 11 is 3.43. The number of unbranched alkanes of at least 4 members (excludes halogenated alkanes) is 1. The largest absolute Gasteiger partial charge is 0.343 e. The first kappa shape index (κ1) is 18.0. The van der Waals surface area contributed by atoms with Gasteiger partial charge in [0, 0.05) is 35.6 Å². The third-order valence-electron chi connectivity index (χ3n) is 4.41. The Hall–Kier alpha value is -1.36. The van der Waals surface area contributed by atoms with Gasteiger partial charge in [0.25, 0.3) is 0 Å². The molecule has 1 aliphatic heterocycles. The first-order valence-electron chi connectivity index (χ1n) is 8.36. The monoisotopic (exact) mass is 380 g/mol. The summed E-state index contributed by atoms with van der Waals surface area (Å²) in [7, 11) is 0. The Labute approximate surface area is 146 Å². The van der Waals surface area contributed by atoms with Gasteiger partial charge in [0.05, 0.1) is 0 Å². The van der Waals surface area contributed by atoms with Gasteiger partial charge < -0.3 is 10.2 Å². The smallest absolute Gasteiger partial charge is 0.227 e. The second-order valence-corrected chi connectivity index (χ2v) is 7.12. The molecule has 5 heteroatoms. The maximum atomic E-state index is 12.4. The van der Waals surface area contributed by atoms with E-state index in [1.165, 1.54) is 0 Å². The van der Waals surface area contributed by atoms with Crippen molar-refractivity contribution < 1.29 is 9.59 Å². The van der Waals surface area contributed by atoms with Crippen molar-refractivity contribution in [3.8, 4) is 0 Å². The van der Waals surface area contributed by atoms with Gasteiger partial charge in [-0.05, 0) is 49.9 Å². The normalized spacial score (nSPS) is 15.5. The number of nitrogens with zero attached hydrogens (tertiary/aromatic N) is 1. The van der Waals surface area contributed by atoms with Gasteiger partial charge in [0.15, 0.2) is 0 Å². The van der Waals surface area contributed by atoms with Gasteiger partial charge >= 0.3 is 0 Å². The van der Waals surface area contributed by atoms with E-state index in [1.54, 1.807) is 0 Å². The molecule has 2 amide bonds. The zero-order valence-corrected chi connectivity index (χ0v) is 15.5. The number of likely N-dealkylation sites (tertiary alicyclic amines) is 1. The van der Waals surface area contributed by atoms with Gasteiger partial charge in [-0.1, -0.05) is 29.3 Å². The highest BCUT2D eigenvalue weighted by Gasteiger charge is 2.27. The lowest BCUT2D eigenvalue weighted by Gasteiger charge is -2.31. The van der Waals surface area contributed by atoms with Crippen molar-refractivity contribution in [2.75, 3.05) is 18.4 Å². The Balaban J connectivity index is 1.85. The Bertz CT molecular complexity index is 566. The average Bonchev–Trinajstić information content (AvgIpc) is 2.55. The number of carbonyl (C=O) groups excluding carboxylic acids is 2. The van der Waals surface area contributed by atoms with E-state index < -0.39 is 0 Å². The number of nitrogens with one attached hydrogen (secondary N) is 1. The summed E-state index contributed by atoms with van der Waals surface area (Å²) in [5.74, 6) is 0.291. The summed E-state index contributed by atoms with van der Waals surface area (Å²) in [6.07, 6.45) is 4.11. The van der Waals surface area contributed by atoms with Crippen LogP contribution in [0.3, 0.4) is 0 Å². The van der Waals surface area contributed by atoms with E-state index in [0.717, 1.165) is 41.4 Å². The van der Waals surface area contributed by atoms with Crippen molar-refractivity contribution in [1.82, 2.24) is 4.90 Å². The zero-order valence-electron chi connectivity index (χ0n) is 13.9. The van der Waals surface area contributed by atoms with Gasteiger partial charge in [-0.25, -0.2) is 0 Å². The van der Waals surface area contributed by atoms with Crippen molar-refractivity contribution in [2.45, 2.75) is 46.0 Å². The second kappa shape index (κ2) is 8.48. The average molecular weight is 381 g/mol. The van der Waals surface area contributed by atoms with Gasteiger partial charge in [-0.2, -0.15) is 0 Å². The third kappa shape index (κ3) is 5.06. The van der Waals surface area contributed by atoms with Crippen LogP contribution in [0.1, 0.15) is 44.6 Å². The van der Waals surface area contributed by atoms with Crippen LogP contribution < -0.4 is 5.32 Å². The second-order valence-electron chi connectivity index (χ2n) is 6.21. The fraction of sp³-hybridized carbons (Fsp3) is 0.556. The van der Waals surface area contributed by atoms with Crippen LogP contribution >= 0.6 is 15.9 Å². The molecule has 0 bridgehead atoms. The van der Waals surface area contributed by atoms with Gasteiger partial charge in [-0.3, -0.25) is 9.59 Å². The quantitative estimate of drug-likeness (QED) is 0.834. The zero-order chi connectivity index (χ0) is 16.8. The minimum absolute atomic E-state index is 0.00623. The molecule has 0 aromatic heterocycles. The molecule has 1 heterocycles. The molecule has 0 saturated carbocycles. The fourth-order valence-electron chi connectivity index (χ4n) is 2.88. The number of anilines is 1. The van der Waals surface area contributed by atoms with Crippen molar-refractivity contribution in [1.29, 1.82) is 0 Å². The number of piperidine rings is 1. The molecule has 1 aromatic carbocycles. The molecule has 4 nitrogen and oxygen atoms in total. The third-order valence-corrected chi connectivity index (χ3v) is 4.90. The van der Waals surface area contributed by atoms with Crippen LogP contribution in [-0.4, -0.2) is 29.8 Å². The SMILES string of the molecule is CCCCC(=O)N1CCC(C(=O)Nc2ccc(Br)cc2C)CC1. The lowest BCUT2D eigenvalue weighted by Crippen LogP contribution is -2.41. The minimum Gasteiger partial charge on any atom is -0.343 e. The molecule has 0 radical (unpaired) electrons. The van der Waals surface area contributed by atoms with E-state index in [4.69, 9.17) is 0 Å². The van der Waals surface area contributed by atoms with Crippen molar-refractivity contribution in [3.05, 3.63) is 28.2 Å². The molecular formula is C18H25BrN2O2. The van der Waals surface area contributed by atoms with Crippen molar-refractivity contribution in [2.24, 2.45) is 5.92 Å². The van der Waals surface area contributed by atoms with E-state index in [1.807, 2.05) is 30.0 Å².